The molecule has 1 N–H and O–H groups in total. The first-order valence-corrected chi connectivity index (χ1v) is 10.5. The summed E-state index contributed by atoms with van der Waals surface area (Å²) in [5.41, 5.74) is 0.543. The standard InChI is InChI=1S/C18H27ClN2O3S/c1-5-18(3,4)20-17(22)14-7-6-10-21(12-14)25(23,24)15-9-8-13(2)16(19)11-15/h8-9,11,14H,5-7,10,12H2,1-4H3,(H,20,22). The van der Waals surface area contributed by atoms with Gasteiger partial charge < -0.3 is 5.32 Å². The third-order valence-electron chi connectivity index (χ3n) is 4.88. The van der Waals surface area contributed by atoms with Crippen LogP contribution in [0.15, 0.2) is 23.1 Å². The van der Waals surface area contributed by atoms with Gasteiger partial charge in [0.15, 0.2) is 0 Å². The molecule has 1 atom stereocenters. The molecule has 1 heterocycles. The molecule has 1 aromatic carbocycles. The minimum atomic E-state index is -3.65. The fourth-order valence-electron chi connectivity index (χ4n) is 2.78. The number of nitrogens with zero attached hydrogens (tertiary/aromatic N) is 1. The Morgan fingerprint density at radius 3 is 2.68 bits per heavy atom. The Morgan fingerprint density at radius 2 is 2.08 bits per heavy atom. The van der Waals surface area contributed by atoms with Crippen LogP contribution in [0.4, 0.5) is 0 Å². The van der Waals surface area contributed by atoms with Crippen molar-refractivity contribution in [1.29, 1.82) is 0 Å². The molecule has 1 aliphatic heterocycles. The number of piperidine rings is 1. The maximum absolute atomic E-state index is 12.9. The first kappa shape index (κ1) is 20.2. The van der Waals surface area contributed by atoms with E-state index in [4.69, 9.17) is 11.6 Å². The molecule has 0 aromatic heterocycles. The summed E-state index contributed by atoms with van der Waals surface area (Å²) < 4.78 is 27.2. The molecule has 1 aliphatic rings. The minimum absolute atomic E-state index is 0.0753. The van der Waals surface area contributed by atoms with Crippen LogP contribution in [0.5, 0.6) is 0 Å². The number of aryl methyl sites for hydroxylation is 1. The number of nitrogens with one attached hydrogen (secondary N) is 1. The molecule has 2 rings (SSSR count). The molecule has 1 aromatic rings. The number of rotatable bonds is 5. The van der Waals surface area contributed by atoms with Gasteiger partial charge in [0, 0.05) is 23.7 Å². The van der Waals surface area contributed by atoms with Crippen molar-refractivity contribution < 1.29 is 13.2 Å². The van der Waals surface area contributed by atoms with E-state index in [9.17, 15) is 13.2 Å². The SMILES string of the molecule is CCC(C)(C)NC(=O)C1CCCN(S(=O)(=O)c2ccc(C)c(Cl)c2)C1. The largest absolute Gasteiger partial charge is 0.351 e. The number of carbonyl (C=O) groups excluding carboxylic acids is 1. The van der Waals surface area contributed by atoms with Gasteiger partial charge in [0.05, 0.1) is 10.8 Å². The zero-order chi connectivity index (χ0) is 18.8. The zero-order valence-electron chi connectivity index (χ0n) is 15.3. The van der Waals surface area contributed by atoms with Crippen LogP contribution in [0, 0.1) is 12.8 Å². The molecule has 7 heteroatoms. The van der Waals surface area contributed by atoms with Crippen LogP contribution in [0.25, 0.3) is 0 Å². The van der Waals surface area contributed by atoms with Gasteiger partial charge in [0.2, 0.25) is 15.9 Å². The van der Waals surface area contributed by atoms with Gasteiger partial charge in [-0.25, -0.2) is 8.42 Å². The highest BCUT2D eigenvalue weighted by atomic mass is 35.5. The Labute approximate surface area is 155 Å². The molecular formula is C18H27ClN2O3S. The molecule has 1 saturated heterocycles. The van der Waals surface area contributed by atoms with Crippen LogP contribution < -0.4 is 5.32 Å². The highest BCUT2D eigenvalue weighted by Crippen LogP contribution is 2.27. The number of hydrogen-bond acceptors (Lipinski definition) is 3. The van der Waals surface area contributed by atoms with Crippen molar-refractivity contribution in [2.45, 2.75) is 57.4 Å². The second-order valence-electron chi connectivity index (χ2n) is 7.34. The third-order valence-corrected chi connectivity index (χ3v) is 7.15. The summed E-state index contributed by atoms with van der Waals surface area (Å²) >= 11 is 6.08. The van der Waals surface area contributed by atoms with E-state index >= 15 is 0 Å². The van der Waals surface area contributed by atoms with Gasteiger partial charge in [-0.15, -0.1) is 0 Å². The van der Waals surface area contributed by atoms with Crippen molar-refractivity contribution in [1.82, 2.24) is 9.62 Å². The lowest BCUT2D eigenvalue weighted by molar-refractivity contribution is -0.127. The Kier molecular flexibility index (Phi) is 6.17. The number of amides is 1. The van der Waals surface area contributed by atoms with Gasteiger partial charge in [0.1, 0.15) is 0 Å². The molecule has 140 valence electrons. The Balaban J connectivity index is 2.17. The van der Waals surface area contributed by atoms with E-state index in [2.05, 4.69) is 5.32 Å². The van der Waals surface area contributed by atoms with Crippen LogP contribution in [-0.2, 0) is 14.8 Å². The number of carbonyl (C=O) groups is 1. The normalized spacial score (nSPS) is 19.6. The third kappa shape index (κ3) is 4.74. The molecule has 0 saturated carbocycles. The molecule has 0 spiro atoms. The van der Waals surface area contributed by atoms with Crippen LogP contribution in [0.2, 0.25) is 5.02 Å². The lowest BCUT2D eigenvalue weighted by Crippen LogP contribution is -2.50. The Hall–Kier alpha value is -1.11. The van der Waals surface area contributed by atoms with Crippen LogP contribution in [-0.4, -0.2) is 37.3 Å². The molecule has 0 aliphatic carbocycles. The molecule has 0 bridgehead atoms. The lowest BCUT2D eigenvalue weighted by atomic mass is 9.95. The molecular weight excluding hydrogens is 360 g/mol. The summed E-state index contributed by atoms with van der Waals surface area (Å²) in [7, 11) is -3.65. The van der Waals surface area contributed by atoms with Crippen LogP contribution in [0.1, 0.15) is 45.6 Å². The molecule has 5 nitrogen and oxygen atoms in total. The van der Waals surface area contributed by atoms with Crippen molar-refractivity contribution in [3.8, 4) is 0 Å². The fraction of sp³-hybridized carbons (Fsp3) is 0.611. The smallest absolute Gasteiger partial charge is 0.243 e. The lowest BCUT2D eigenvalue weighted by Gasteiger charge is -2.33. The minimum Gasteiger partial charge on any atom is -0.351 e. The van der Waals surface area contributed by atoms with E-state index in [1.807, 2.05) is 27.7 Å². The van der Waals surface area contributed by atoms with Crippen molar-refractivity contribution in [3.63, 3.8) is 0 Å². The van der Waals surface area contributed by atoms with Gasteiger partial charge in [-0.1, -0.05) is 24.6 Å². The Morgan fingerprint density at radius 1 is 1.40 bits per heavy atom. The molecule has 1 amide bonds. The van der Waals surface area contributed by atoms with Crippen LogP contribution >= 0.6 is 11.6 Å². The first-order valence-electron chi connectivity index (χ1n) is 8.65. The van der Waals surface area contributed by atoms with E-state index in [1.165, 1.54) is 10.4 Å². The predicted molar refractivity (Wildman–Crippen MR) is 100 cm³/mol. The van der Waals surface area contributed by atoms with E-state index < -0.39 is 10.0 Å². The molecule has 0 radical (unpaired) electrons. The van der Waals surface area contributed by atoms with Gasteiger partial charge in [-0.3, -0.25) is 4.79 Å². The summed E-state index contributed by atoms with van der Waals surface area (Å²) in [4.78, 5) is 12.7. The molecule has 1 fully saturated rings. The van der Waals surface area contributed by atoms with Gasteiger partial charge in [-0.2, -0.15) is 4.31 Å². The van der Waals surface area contributed by atoms with Crippen molar-refractivity contribution in [2.75, 3.05) is 13.1 Å². The van der Waals surface area contributed by atoms with E-state index in [1.54, 1.807) is 12.1 Å². The highest BCUT2D eigenvalue weighted by Gasteiger charge is 2.34. The summed E-state index contributed by atoms with van der Waals surface area (Å²) in [6.07, 6.45) is 2.19. The van der Waals surface area contributed by atoms with Crippen molar-refractivity contribution in [2.24, 2.45) is 5.92 Å². The van der Waals surface area contributed by atoms with E-state index in [-0.39, 0.29) is 28.8 Å². The quantitative estimate of drug-likeness (QED) is 0.843. The Bertz CT molecular complexity index is 747. The van der Waals surface area contributed by atoms with Gasteiger partial charge >= 0.3 is 0 Å². The van der Waals surface area contributed by atoms with Crippen molar-refractivity contribution in [3.05, 3.63) is 28.8 Å². The molecule has 1 unspecified atom stereocenters. The monoisotopic (exact) mass is 386 g/mol. The van der Waals surface area contributed by atoms with Gasteiger partial charge in [-0.05, 0) is 57.7 Å². The predicted octanol–water partition coefficient (Wildman–Crippen LogP) is 3.35. The number of sulfonamides is 1. The molecule has 25 heavy (non-hydrogen) atoms. The summed E-state index contributed by atoms with van der Waals surface area (Å²) in [6.45, 7) is 8.41. The summed E-state index contributed by atoms with van der Waals surface area (Å²) in [5, 5.41) is 3.45. The topological polar surface area (TPSA) is 66.5 Å². The first-order chi connectivity index (χ1) is 11.6. The number of benzene rings is 1. The fourth-order valence-corrected chi connectivity index (χ4v) is 4.58. The second-order valence-corrected chi connectivity index (χ2v) is 9.69. The van der Waals surface area contributed by atoms with Gasteiger partial charge in [0.25, 0.3) is 0 Å². The highest BCUT2D eigenvalue weighted by molar-refractivity contribution is 7.89. The zero-order valence-corrected chi connectivity index (χ0v) is 16.9. The summed E-state index contributed by atoms with van der Waals surface area (Å²) in [5.74, 6) is -0.399. The summed E-state index contributed by atoms with van der Waals surface area (Å²) in [6, 6.07) is 4.75. The maximum Gasteiger partial charge on any atom is 0.243 e. The second kappa shape index (κ2) is 7.64. The van der Waals surface area contributed by atoms with Crippen LogP contribution in [0.3, 0.4) is 0 Å². The average Bonchev–Trinajstić information content (AvgIpc) is 2.57. The maximum atomic E-state index is 12.9. The number of halogens is 1. The van der Waals surface area contributed by atoms with E-state index in [0.29, 0.717) is 24.4 Å². The average molecular weight is 387 g/mol. The number of hydrogen-bond donors (Lipinski definition) is 1. The van der Waals surface area contributed by atoms with Crippen molar-refractivity contribution >= 4 is 27.5 Å². The van der Waals surface area contributed by atoms with E-state index in [0.717, 1.165) is 12.0 Å².